The van der Waals surface area contributed by atoms with Gasteiger partial charge in [0.2, 0.25) is 0 Å². The molecule has 0 aliphatic heterocycles. The maximum atomic E-state index is 11.9. The van der Waals surface area contributed by atoms with Crippen molar-refractivity contribution >= 4 is 22.5 Å². The van der Waals surface area contributed by atoms with Crippen molar-refractivity contribution in [1.29, 1.82) is 0 Å². The van der Waals surface area contributed by atoms with Crippen molar-refractivity contribution in [3.8, 4) is 0 Å². The highest BCUT2D eigenvalue weighted by atomic mass is 16.2. The summed E-state index contributed by atoms with van der Waals surface area (Å²) in [4.78, 5) is 11.9. The van der Waals surface area contributed by atoms with Gasteiger partial charge in [0.15, 0.2) is 0 Å². The lowest BCUT2D eigenvalue weighted by molar-refractivity contribution is 0.233. The number of hydrogen-bond donors (Lipinski definition) is 2. The van der Waals surface area contributed by atoms with Crippen LogP contribution >= 0.6 is 0 Å². The van der Waals surface area contributed by atoms with Crippen LogP contribution in [0.25, 0.3) is 10.8 Å². The van der Waals surface area contributed by atoms with Crippen molar-refractivity contribution in [3.05, 3.63) is 48.0 Å². The van der Waals surface area contributed by atoms with E-state index in [9.17, 15) is 4.79 Å². The molecule has 0 spiro atoms. The first-order valence-electron chi connectivity index (χ1n) is 8.32. The molecule has 2 aromatic carbocycles. The Morgan fingerprint density at radius 3 is 2.57 bits per heavy atom. The zero-order chi connectivity index (χ0) is 16.1. The maximum absolute atomic E-state index is 11.9. The minimum absolute atomic E-state index is 0.211. The van der Waals surface area contributed by atoms with Crippen molar-refractivity contribution in [1.82, 2.24) is 10.7 Å². The van der Waals surface area contributed by atoms with Crippen molar-refractivity contribution in [2.24, 2.45) is 5.10 Å². The Morgan fingerprint density at radius 2 is 1.78 bits per heavy atom. The van der Waals surface area contributed by atoms with E-state index >= 15 is 0 Å². The largest absolute Gasteiger partial charge is 0.335 e. The molecule has 0 bridgehead atoms. The highest BCUT2D eigenvalue weighted by Gasteiger charge is 2.15. The van der Waals surface area contributed by atoms with Crippen LogP contribution in [0, 0.1) is 0 Å². The van der Waals surface area contributed by atoms with Crippen LogP contribution in [0.1, 0.15) is 44.6 Å². The summed E-state index contributed by atoms with van der Waals surface area (Å²) >= 11 is 0. The summed E-state index contributed by atoms with van der Waals surface area (Å²) in [5.74, 6) is 0. The van der Waals surface area contributed by atoms with Crippen molar-refractivity contribution in [3.63, 3.8) is 0 Å². The third kappa shape index (κ3) is 4.09. The maximum Gasteiger partial charge on any atom is 0.335 e. The number of carbonyl (C=O) groups is 1. The average Bonchev–Trinajstić information content (AvgIpc) is 2.60. The Labute approximate surface area is 137 Å². The first kappa shape index (κ1) is 15.5. The molecular weight excluding hydrogens is 286 g/mol. The molecule has 0 aromatic heterocycles. The molecule has 1 saturated carbocycles. The Morgan fingerprint density at radius 1 is 1.04 bits per heavy atom. The van der Waals surface area contributed by atoms with E-state index in [1.54, 1.807) is 0 Å². The van der Waals surface area contributed by atoms with Gasteiger partial charge in [-0.15, -0.1) is 0 Å². The molecule has 2 amide bonds. The van der Waals surface area contributed by atoms with E-state index in [2.05, 4.69) is 40.1 Å². The number of nitrogens with one attached hydrogen (secondary N) is 2. The van der Waals surface area contributed by atoms with E-state index in [0.29, 0.717) is 6.04 Å². The van der Waals surface area contributed by atoms with Gasteiger partial charge < -0.3 is 5.32 Å². The van der Waals surface area contributed by atoms with Gasteiger partial charge in [-0.05, 0) is 42.2 Å². The van der Waals surface area contributed by atoms with E-state index in [4.69, 9.17) is 0 Å². The summed E-state index contributed by atoms with van der Waals surface area (Å²) in [6.45, 7) is 1.91. The number of fused-ring (bicyclic) bond motifs is 1. The third-order valence-electron chi connectivity index (χ3n) is 4.43. The predicted octanol–water partition coefficient (Wildman–Crippen LogP) is 4.20. The van der Waals surface area contributed by atoms with Crippen LogP contribution in [0.3, 0.4) is 0 Å². The Balaban J connectivity index is 1.62. The van der Waals surface area contributed by atoms with E-state index in [0.717, 1.165) is 24.1 Å². The second kappa shape index (κ2) is 7.27. The molecule has 1 aliphatic rings. The summed E-state index contributed by atoms with van der Waals surface area (Å²) in [6.07, 6.45) is 5.81. The normalized spacial score (nSPS) is 16.3. The van der Waals surface area contributed by atoms with Gasteiger partial charge in [-0.2, -0.15) is 5.10 Å². The van der Waals surface area contributed by atoms with Gasteiger partial charge in [0, 0.05) is 6.04 Å². The second-order valence-electron chi connectivity index (χ2n) is 6.18. The van der Waals surface area contributed by atoms with E-state index in [1.165, 1.54) is 30.0 Å². The monoisotopic (exact) mass is 309 g/mol. The van der Waals surface area contributed by atoms with Gasteiger partial charge in [0.25, 0.3) is 0 Å². The molecule has 0 heterocycles. The molecule has 0 atom stereocenters. The van der Waals surface area contributed by atoms with Crippen LogP contribution in [0.2, 0.25) is 0 Å². The number of hydrazone groups is 1. The minimum Gasteiger partial charge on any atom is -0.334 e. The summed E-state index contributed by atoms with van der Waals surface area (Å²) in [7, 11) is 0. The number of amides is 2. The fraction of sp³-hybridized carbons (Fsp3) is 0.368. The molecule has 120 valence electrons. The SMILES string of the molecule is CC(=NNC(=O)NC1CCCCC1)c1ccc2ccccc2c1. The number of rotatable bonds is 3. The van der Waals surface area contributed by atoms with Gasteiger partial charge in [-0.25, -0.2) is 10.2 Å². The number of nitrogens with zero attached hydrogens (tertiary/aromatic N) is 1. The molecule has 23 heavy (non-hydrogen) atoms. The molecular formula is C19H23N3O. The fourth-order valence-corrected chi connectivity index (χ4v) is 3.08. The van der Waals surface area contributed by atoms with Crippen molar-refractivity contribution < 1.29 is 4.79 Å². The molecule has 0 radical (unpaired) electrons. The smallest absolute Gasteiger partial charge is 0.334 e. The van der Waals surface area contributed by atoms with Crippen LogP contribution in [0.4, 0.5) is 4.79 Å². The molecule has 4 heteroatoms. The van der Waals surface area contributed by atoms with Crippen LogP contribution in [0.15, 0.2) is 47.6 Å². The highest BCUT2D eigenvalue weighted by Crippen LogP contribution is 2.17. The zero-order valence-corrected chi connectivity index (χ0v) is 13.5. The van der Waals surface area contributed by atoms with Gasteiger partial charge >= 0.3 is 6.03 Å². The minimum atomic E-state index is -0.211. The van der Waals surface area contributed by atoms with Crippen LogP contribution in [-0.2, 0) is 0 Å². The molecule has 2 N–H and O–H groups in total. The van der Waals surface area contributed by atoms with Crippen LogP contribution in [0.5, 0.6) is 0 Å². The highest BCUT2D eigenvalue weighted by molar-refractivity contribution is 6.02. The van der Waals surface area contributed by atoms with Crippen molar-refractivity contribution in [2.75, 3.05) is 0 Å². The summed E-state index contributed by atoms with van der Waals surface area (Å²) < 4.78 is 0. The van der Waals surface area contributed by atoms with Gasteiger partial charge in [-0.3, -0.25) is 0 Å². The first-order chi connectivity index (χ1) is 11.2. The van der Waals surface area contributed by atoms with E-state index in [1.807, 2.05) is 25.1 Å². The second-order valence-corrected chi connectivity index (χ2v) is 6.18. The molecule has 1 fully saturated rings. The number of carbonyl (C=O) groups excluding carboxylic acids is 1. The average molecular weight is 309 g/mol. The Bertz CT molecular complexity index is 717. The van der Waals surface area contributed by atoms with E-state index < -0.39 is 0 Å². The number of benzene rings is 2. The lowest BCUT2D eigenvalue weighted by Crippen LogP contribution is -2.41. The molecule has 1 aliphatic carbocycles. The van der Waals surface area contributed by atoms with Gasteiger partial charge in [0.1, 0.15) is 0 Å². The summed E-state index contributed by atoms with van der Waals surface area (Å²) in [6, 6.07) is 14.5. The topological polar surface area (TPSA) is 53.5 Å². The molecule has 3 rings (SSSR count). The first-order valence-corrected chi connectivity index (χ1v) is 8.32. The summed E-state index contributed by atoms with van der Waals surface area (Å²) in [5.41, 5.74) is 4.43. The predicted molar refractivity (Wildman–Crippen MR) is 94.7 cm³/mol. The molecule has 0 saturated heterocycles. The zero-order valence-electron chi connectivity index (χ0n) is 13.5. The standard InChI is InChI=1S/C19H23N3O/c1-14(16-12-11-15-7-5-6-8-17(15)13-16)21-22-19(23)20-18-9-3-2-4-10-18/h5-8,11-13,18H,2-4,9-10H2,1H3,(H2,20,22,23). The Kier molecular flexibility index (Phi) is 4.91. The van der Waals surface area contributed by atoms with Gasteiger partial charge in [0.05, 0.1) is 5.71 Å². The number of hydrogen-bond acceptors (Lipinski definition) is 2. The number of urea groups is 1. The van der Waals surface area contributed by atoms with E-state index in [-0.39, 0.29) is 6.03 Å². The molecule has 2 aromatic rings. The van der Waals surface area contributed by atoms with Crippen LogP contribution in [-0.4, -0.2) is 17.8 Å². The fourth-order valence-electron chi connectivity index (χ4n) is 3.08. The lowest BCUT2D eigenvalue weighted by atomic mass is 9.96. The van der Waals surface area contributed by atoms with Crippen LogP contribution < -0.4 is 10.7 Å². The quantitative estimate of drug-likeness (QED) is 0.648. The molecule has 0 unspecified atom stereocenters. The van der Waals surface area contributed by atoms with Crippen molar-refractivity contribution in [2.45, 2.75) is 45.1 Å². The molecule has 4 nitrogen and oxygen atoms in total. The third-order valence-corrected chi connectivity index (χ3v) is 4.43. The Hall–Kier alpha value is -2.36. The van der Waals surface area contributed by atoms with Gasteiger partial charge in [-0.1, -0.05) is 55.7 Å². The summed E-state index contributed by atoms with van der Waals surface area (Å²) in [5, 5.41) is 9.59. The lowest BCUT2D eigenvalue weighted by Gasteiger charge is -2.22.